The van der Waals surface area contributed by atoms with Crippen molar-refractivity contribution in [1.29, 1.82) is 0 Å². The average Bonchev–Trinajstić information content (AvgIpc) is 2.79. The monoisotopic (exact) mass is 282 g/mol. The Kier molecular flexibility index (Phi) is 4.41. The zero-order valence-corrected chi connectivity index (χ0v) is 11.5. The number of carboxylic acids is 1. The lowest BCUT2D eigenvalue weighted by atomic mass is 10.2. The normalized spacial score (nSPS) is 19.8. The summed E-state index contributed by atoms with van der Waals surface area (Å²) in [5.41, 5.74) is 0.689. The van der Waals surface area contributed by atoms with Crippen LogP contribution in [-0.4, -0.2) is 54.7 Å². The molecule has 7 heteroatoms. The topological polar surface area (TPSA) is 92.0 Å². The van der Waals surface area contributed by atoms with Crippen molar-refractivity contribution in [2.45, 2.75) is 19.5 Å². The molecule has 7 nitrogen and oxygen atoms in total. The van der Waals surface area contributed by atoms with Crippen LogP contribution >= 0.6 is 0 Å². The van der Waals surface area contributed by atoms with E-state index >= 15 is 0 Å². The largest absolute Gasteiger partial charge is 0.480 e. The number of hydrogen-bond acceptors (Lipinski definition) is 6. The first-order valence-corrected chi connectivity index (χ1v) is 6.38. The molecule has 1 unspecified atom stereocenters. The van der Waals surface area contributed by atoms with Crippen LogP contribution in [0.15, 0.2) is 10.5 Å². The average molecular weight is 282 g/mol. The lowest BCUT2D eigenvalue weighted by Crippen LogP contribution is -2.54. The molecular weight excluding hydrogens is 264 g/mol. The fourth-order valence-electron chi connectivity index (χ4n) is 2.30. The summed E-state index contributed by atoms with van der Waals surface area (Å²) in [5, 5.41) is 12.2. The minimum atomic E-state index is -0.867. The summed E-state index contributed by atoms with van der Waals surface area (Å²) >= 11 is 0. The Morgan fingerprint density at radius 1 is 1.60 bits per heavy atom. The highest BCUT2D eigenvalue weighted by Crippen LogP contribution is 2.18. The van der Waals surface area contributed by atoms with Crippen molar-refractivity contribution in [2.24, 2.45) is 0 Å². The van der Waals surface area contributed by atoms with Gasteiger partial charge >= 0.3 is 11.9 Å². The molecule has 1 fully saturated rings. The number of carboxylic acid groups (broad SMARTS) is 1. The minimum Gasteiger partial charge on any atom is -0.480 e. The number of rotatable bonds is 4. The van der Waals surface area contributed by atoms with Gasteiger partial charge in [-0.05, 0) is 13.0 Å². The maximum Gasteiger partial charge on any atom is 0.374 e. The Balaban J connectivity index is 2.12. The highest BCUT2D eigenvalue weighted by molar-refractivity contribution is 5.87. The summed E-state index contributed by atoms with van der Waals surface area (Å²) in [6, 6.07) is 1.16. The molecule has 0 bridgehead atoms. The summed E-state index contributed by atoms with van der Waals surface area (Å²) in [6.07, 6.45) is 0. The smallest absolute Gasteiger partial charge is 0.374 e. The molecule has 1 aliphatic heterocycles. The van der Waals surface area contributed by atoms with E-state index in [0.29, 0.717) is 31.0 Å². The van der Waals surface area contributed by atoms with Gasteiger partial charge in [-0.1, -0.05) is 0 Å². The van der Waals surface area contributed by atoms with Gasteiger partial charge in [0.1, 0.15) is 11.8 Å². The second-order valence-electron chi connectivity index (χ2n) is 4.75. The number of furan rings is 1. The fourth-order valence-corrected chi connectivity index (χ4v) is 2.30. The third kappa shape index (κ3) is 3.00. The van der Waals surface area contributed by atoms with E-state index in [1.807, 2.05) is 4.90 Å². The number of esters is 1. The van der Waals surface area contributed by atoms with Gasteiger partial charge in [0, 0.05) is 25.2 Å². The second-order valence-corrected chi connectivity index (χ2v) is 4.75. The third-order valence-corrected chi connectivity index (χ3v) is 3.34. The molecule has 20 heavy (non-hydrogen) atoms. The fraction of sp³-hybridized carbons (Fsp3) is 0.538. The van der Waals surface area contributed by atoms with E-state index in [4.69, 9.17) is 4.42 Å². The number of ether oxygens (including phenoxy) is 1. The third-order valence-electron chi connectivity index (χ3n) is 3.34. The van der Waals surface area contributed by atoms with Crippen LogP contribution in [0.25, 0.3) is 0 Å². The summed E-state index contributed by atoms with van der Waals surface area (Å²) in [7, 11) is 1.29. The number of nitrogens with one attached hydrogen (secondary N) is 1. The molecule has 0 amide bonds. The van der Waals surface area contributed by atoms with E-state index in [1.54, 1.807) is 13.0 Å². The molecule has 2 rings (SSSR count). The first-order chi connectivity index (χ1) is 9.52. The van der Waals surface area contributed by atoms with Crippen molar-refractivity contribution in [1.82, 2.24) is 10.2 Å². The van der Waals surface area contributed by atoms with E-state index in [1.165, 1.54) is 7.11 Å². The van der Waals surface area contributed by atoms with Gasteiger partial charge < -0.3 is 19.6 Å². The number of methoxy groups -OCH3 is 1. The minimum absolute atomic E-state index is 0.171. The van der Waals surface area contributed by atoms with Gasteiger partial charge in [0.2, 0.25) is 5.76 Å². The van der Waals surface area contributed by atoms with Gasteiger partial charge in [-0.3, -0.25) is 9.69 Å². The Morgan fingerprint density at radius 2 is 2.35 bits per heavy atom. The number of aryl methyl sites for hydroxylation is 1. The van der Waals surface area contributed by atoms with Crippen LogP contribution in [0.3, 0.4) is 0 Å². The number of piperazine rings is 1. The van der Waals surface area contributed by atoms with E-state index in [2.05, 4.69) is 10.1 Å². The standard InChI is InChI=1S/C13H18N2O5/c1-8-5-9(20-11(8)13(18)19-2)7-15-4-3-14-6-10(15)12(16)17/h5,10,14H,3-4,6-7H2,1-2H3,(H,16,17). The van der Waals surface area contributed by atoms with Gasteiger partial charge in [-0.2, -0.15) is 0 Å². The molecule has 2 N–H and O–H groups in total. The van der Waals surface area contributed by atoms with E-state index in [-0.39, 0.29) is 5.76 Å². The maximum atomic E-state index is 11.5. The number of carbonyl (C=O) groups is 2. The van der Waals surface area contributed by atoms with Gasteiger partial charge in [0.05, 0.1) is 13.7 Å². The van der Waals surface area contributed by atoms with E-state index in [0.717, 1.165) is 6.54 Å². The lowest BCUT2D eigenvalue weighted by Gasteiger charge is -2.32. The predicted octanol–water partition coefficient (Wildman–Crippen LogP) is 0.233. The first-order valence-electron chi connectivity index (χ1n) is 6.38. The van der Waals surface area contributed by atoms with E-state index in [9.17, 15) is 14.7 Å². The van der Waals surface area contributed by atoms with Crippen molar-refractivity contribution in [3.63, 3.8) is 0 Å². The van der Waals surface area contributed by atoms with Crippen molar-refractivity contribution in [3.8, 4) is 0 Å². The number of hydrogen-bond donors (Lipinski definition) is 2. The molecule has 110 valence electrons. The number of nitrogens with zero attached hydrogens (tertiary/aromatic N) is 1. The van der Waals surface area contributed by atoms with Crippen molar-refractivity contribution >= 4 is 11.9 Å². The first kappa shape index (κ1) is 14.5. The zero-order chi connectivity index (χ0) is 14.7. The summed E-state index contributed by atoms with van der Waals surface area (Å²) < 4.78 is 10.1. The highest BCUT2D eigenvalue weighted by atomic mass is 16.5. The molecule has 1 atom stereocenters. The van der Waals surface area contributed by atoms with Crippen molar-refractivity contribution in [2.75, 3.05) is 26.7 Å². The molecule has 0 saturated carbocycles. The van der Waals surface area contributed by atoms with Crippen LogP contribution in [0.5, 0.6) is 0 Å². The lowest BCUT2D eigenvalue weighted by molar-refractivity contribution is -0.144. The van der Waals surface area contributed by atoms with Crippen LogP contribution in [-0.2, 0) is 16.1 Å². The van der Waals surface area contributed by atoms with Crippen LogP contribution in [0, 0.1) is 6.92 Å². The molecule has 0 aliphatic carbocycles. The van der Waals surface area contributed by atoms with Crippen LogP contribution in [0.4, 0.5) is 0 Å². The maximum absolute atomic E-state index is 11.5. The van der Waals surface area contributed by atoms with Crippen LogP contribution in [0.2, 0.25) is 0 Å². The van der Waals surface area contributed by atoms with Crippen LogP contribution in [0.1, 0.15) is 21.9 Å². The molecule has 2 heterocycles. The molecule has 0 spiro atoms. The molecule has 0 aromatic carbocycles. The number of aliphatic carboxylic acids is 1. The van der Waals surface area contributed by atoms with Crippen molar-refractivity contribution < 1.29 is 23.8 Å². The van der Waals surface area contributed by atoms with Gasteiger partial charge in [0.25, 0.3) is 0 Å². The van der Waals surface area contributed by atoms with Gasteiger partial charge in [-0.25, -0.2) is 4.79 Å². The molecule has 1 aliphatic rings. The zero-order valence-electron chi connectivity index (χ0n) is 11.5. The Morgan fingerprint density at radius 3 is 3.00 bits per heavy atom. The SMILES string of the molecule is COC(=O)c1oc(CN2CCNCC2C(=O)O)cc1C. The van der Waals surface area contributed by atoms with E-state index < -0.39 is 18.0 Å². The second kappa shape index (κ2) is 6.06. The summed E-state index contributed by atoms with van der Waals surface area (Å²) in [6.45, 7) is 3.86. The van der Waals surface area contributed by atoms with Gasteiger partial charge in [-0.15, -0.1) is 0 Å². The Labute approximate surface area is 116 Å². The number of carbonyl (C=O) groups excluding carboxylic acids is 1. The molecule has 0 radical (unpaired) electrons. The van der Waals surface area contributed by atoms with Gasteiger partial charge in [0.15, 0.2) is 0 Å². The summed E-state index contributed by atoms with van der Waals surface area (Å²) in [4.78, 5) is 24.5. The summed E-state index contributed by atoms with van der Waals surface area (Å²) in [5.74, 6) is -0.655. The molecule has 1 saturated heterocycles. The van der Waals surface area contributed by atoms with Crippen LogP contribution < -0.4 is 5.32 Å². The Hall–Kier alpha value is -1.86. The molecule has 1 aromatic heterocycles. The predicted molar refractivity (Wildman–Crippen MR) is 69.5 cm³/mol. The van der Waals surface area contributed by atoms with Crippen molar-refractivity contribution in [3.05, 3.63) is 23.2 Å². The quantitative estimate of drug-likeness (QED) is 0.764. The molecular formula is C13H18N2O5. The Bertz CT molecular complexity index is 511. The molecule has 1 aromatic rings. The highest BCUT2D eigenvalue weighted by Gasteiger charge is 2.29.